The van der Waals surface area contributed by atoms with Crippen molar-refractivity contribution in [3.8, 4) is 11.3 Å². The molecule has 2 aromatic carbocycles. The number of rotatable bonds is 13. The Morgan fingerprint density at radius 1 is 0.875 bits per heavy atom. The second-order valence-corrected chi connectivity index (χ2v) is 16.4. The summed E-state index contributed by atoms with van der Waals surface area (Å²) in [5.74, 6) is -0.946. The Bertz CT molecular complexity index is 2190. The van der Waals surface area contributed by atoms with E-state index in [1.165, 1.54) is 34.4 Å². The summed E-state index contributed by atoms with van der Waals surface area (Å²) < 4.78 is 72.6. The van der Waals surface area contributed by atoms with Crippen molar-refractivity contribution in [2.45, 2.75) is 32.9 Å². The van der Waals surface area contributed by atoms with Crippen LogP contribution in [0.2, 0.25) is 0 Å². The van der Waals surface area contributed by atoms with Gasteiger partial charge in [-0.25, -0.2) is 16.8 Å². The summed E-state index contributed by atoms with van der Waals surface area (Å²) in [7, 11) is -8.72. The molecule has 0 atom stereocenters. The van der Waals surface area contributed by atoms with Crippen LogP contribution >= 0.6 is 34.4 Å². The Morgan fingerprint density at radius 3 is 2.12 bits per heavy atom. The molecule has 0 unspecified atom stereocenters. The summed E-state index contributed by atoms with van der Waals surface area (Å²) in [6, 6.07) is 19.3. The molecule has 5 rings (SSSR count). The van der Waals surface area contributed by atoms with Gasteiger partial charge in [-0.2, -0.15) is 4.57 Å². The van der Waals surface area contributed by atoms with Gasteiger partial charge in [0.25, 0.3) is 10.6 Å². The summed E-state index contributed by atoms with van der Waals surface area (Å²) in [4.78, 5) is 15.5. The maximum Gasteiger partial charge on any atom is 1.00 e. The monoisotopic (exact) mass is 769 g/mol. The van der Waals surface area contributed by atoms with E-state index >= 15 is 0 Å². The summed E-state index contributed by atoms with van der Waals surface area (Å²) in [5.41, 5.74) is 3.50. The zero-order valence-corrected chi connectivity index (χ0v) is 33.6. The van der Waals surface area contributed by atoms with Crippen molar-refractivity contribution in [3.05, 3.63) is 113 Å². The van der Waals surface area contributed by atoms with Crippen molar-refractivity contribution in [1.29, 1.82) is 0 Å². The Hall–Kier alpha value is -1.67. The number of allylic oxidation sites excluding steroid dienone is 1. The molecule has 10 nitrogen and oxygen atoms in total. The molecule has 48 heavy (non-hydrogen) atoms. The third-order valence-electron chi connectivity index (χ3n) is 7.26. The van der Waals surface area contributed by atoms with E-state index in [0.717, 1.165) is 32.6 Å². The molecule has 0 saturated carbocycles. The van der Waals surface area contributed by atoms with E-state index in [4.69, 9.17) is 0 Å². The van der Waals surface area contributed by atoms with Gasteiger partial charge in [-0.1, -0.05) is 71.6 Å². The average molecular weight is 770 g/mol. The van der Waals surface area contributed by atoms with Crippen LogP contribution in [-0.2, 0) is 33.3 Å². The van der Waals surface area contributed by atoms with E-state index in [-0.39, 0.29) is 69.8 Å². The first-order valence-electron chi connectivity index (χ1n) is 14.7. The number of aromatic nitrogens is 2. The molecule has 0 aliphatic carbocycles. The second-order valence-electron chi connectivity index (χ2n) is 10.5. The molecule has 0 fully saturated rings. The molecule has 0 saturated heterocycles. The summed E-state index contributed by atoms with van der Waals surface area (Å²) in [5, 5.41) is 5.55. The van der Waals surface area contributed by atoms with E-state index < -0.39 is 31.7 Å². The normalized spacial score (nSPS) is 15.3. The molecule has 248 valence electrons. The van der Waals surface area contributed by atoms with E-state index in [1.807, 2.05) is 100.0 Å². The Labute approximate surface area is 334 Å². The minimum absolute atomic E-state index is 0. The van der Waals surface area contributed by atoms with Crippen molar-refractivity contribution in [2.24, 2.45) is 0 Å². The SMILES string of the molecule is CCn1c(=O)/c(=C\C=C2/SC=C(c3ccccc3)N2CCCS(=O)(=O)[O-])s/c1=C\c1scc(-c2ccccc2)[n+]1CCCS(=O)(=O)[O-].[K+]. The molecule has 16 heteroatoms. The number of benzene rings is 2. The van der Waals surface area contributed by atoms with Gasteiger partial charge in [-0.15, -0.1) is 11.3 Å². The second kappa shape index (κ2) is 17.5. The van der Waals surface area contributed by atoms with Crippen molar-refractivity contribution in [1.82, 2.24) is 9.47 Å². The van der Waals surface area contributed by atoms with E-state index in [2.05, 4.69) is 0 Å². The van der Waals surface area contributed by atoms with Gasteiger partial charge in [0, 0.05) is 42.0 Å². The van der Waals surface area contributed by atoms with Gasteiger partial charge in [0.15, 0.2) is 6.54 Å². The van der Waals surface area contributed by atoms with Gasteiger partial charge in [0.2, 0.25) is 5.69 Å². The Balaban J connectivity index is 0.00000520. The predicted molar refractivity (Wildman–Crippen MR) is 187 cm³/mol. The van der Waals surface area contributed by atoms with Gasteiger partial charge in [0.05, 0.1) is 47.0 Å². The van der Waals surface area contributed by atoms with E-state index in [1.54, 1.807) is 10.6 Å². The minimum Gasteiger partial charge on any atom is -0.748 e. The van der Waals surface area contributed by atoms with Crippen LogP contribution in [0.1, 0.15) is 30.3 Å². The molecule has 1 aliphatic heterocycles. The van der Waals surface area contributed by atoms with Crippen LogP contribution in [0.4, 0.5) is 0 Å². The quantitative estimate of drug-likeness (QED) is 0.107. The number of thioether (sulfide) groups is 1. The fraction of sp³-hybridized carbons (Fsp3) is 0.250. The molecular formula is C32H32KN3O7S5. The maximum atomic E-state index is 13.5. The number of thiazole rings is 2. The van der Waals surface area contributed by atoms with Crippen molar-refractivity contribution in [2.75, 3.05) is 18.1 Å². The maximum absolute atomic E-state index is 13.5. The molecule has 0 amide bonds. The minimum atomic E-state index is -4.36. The van der Waals surface area contributed by atoms with Crippen LogP contribution in [0.5, 0.6) is 0 Å². The summed E-state index contributed by atoms with van der Waals surface area (Å²) >= 11 is 4.25. The third kappa shape index (κ3) is 10.4. The zero-order chi connectivity index (χ0) is 33.6. The largest absolute Gasteiger partial charge is 1.00 e. The van der Waals surface area contributed by atoms with Crippen LogP contribution in [0.15, 0.2) is 87.4 Å². The van der Waals surface area contributed by atoms with Gasteiger partial charge < -0.3 is 14.0 Å². The Morgan fingerprint density at radius 2 is 1.50 bits per heavy atom. The number of hydrogen-bond donors (Lipinski definition) is 0. The van der Waals surface area contributed by atoms with E-state index in [9.17, 15) is 30.7 Å². The molecule has 0 spiro atoms. The average Bonchev–Trinajstić information content (AvgIpc) is 3.71. The van der Waals surface area contributed by atoms with Gasteiger partial charge in [-0.3, -0.25) is 9.36 Å². The van der Waals surface area contributed by atoms with Gasteiger partial charge in [-0.05, 0) is 43.2 Å². The van der Waals surface area contributed by atoms with Crippen LogP contribution in [0.3, 0.4) is 0 Å². The molecule has 3 heterocycles. The van der Waals surface area contributed by atoms with Crippen LogP contribution < -0.4 is 70.7 Å². The number of hydrogen-bond acceptors (Lipinski definition) is 11. The fourth-order valence-electron chi connectivity index (χ4n) is 5.10. The first-order valence-corrected chi connectivity index (χ1v) is 20.4. The third-order valence-corrected chi connectivity index (χ3v) is 11.8. The van der Waals surface area contributed by atoms with Crippen molar-refractivity contribution in [3.63, 3.8) is 0 Å². The van der Waals surface area contributed by atoms with Crippen LogP contribution in [-0.4, -0.2) is 53.5 Å². The smallest absolute Gasteiger partial charge is 0.748 e. The molecule has 0 radical (unpaired) electrons. The standard InChI is InChI=1S/C32H33N3O7S5.K/c1-2-33-31(21-30-35(18-10-20-47(40,41)42)27(23-44-30)25-13-7-4-8-14-25)45-28(32(33)36)15-16-29-34(17-9-19-46(37,38)39)26(22-43-29)24-11-5-3-6-12-24;/h3-8,11-16,21-23H,2,9-10,17-20H2,1H3,(H-,37,38,39,40,41,42);/q;+1/p-1/b28-15+,29-16-;. The first kappa shape index (κ1) is 39.1. The van der Waals surface area contributed by atoms with Crippen LogP contribution in [0.25, 0.3) is 29.1 Å². The summed E-state index contributed by atoms with van der Waals surface area (Å²) in [6.07, 6.45) is 5.81. The topological polar surface area (TPSA) is 144 Å². The predicted octanol–water partition coefficient (Wildman–Crippen LogP) is 0.318. The van der Waals surface area contributed by atoms with Crippen LogP contribution in [0, 0.1) is 0 Å². The Kier molecular flexibility index (Phi) is 14.3. The molecule has 0 N–H and O–H groups in total. The van der Waals surface area contributed by atoms with Gasteiger partial charge >= 0.3 is 51.4 Å². The molecule has 0 bridgehead atoms. The molecule has 4 aromatic rings. The molecular weight excluding hydrogens is 738 g/mol. The van der Waals surface area contributed by atoms with Crippen molar-refractivity contribution < 1.29 is 81.9 Å². The molecule has 1 aliphatic rings. The molecule has 2 aromatic heterocycles. The van der Waals surface area contributed by atoms with E-state index in [0.29, 0.717) is 28.8 Å². The van der Waals surface area contributed by atoms with Crippen molar-refractivity contribution >= 4 is 72.5 Å². The number of nitrogens with zero attached hydrogens (tertiary/aromatic N) is 3. The summed E-state index contributed by atoms with van der Waals surface area (Å²) in [6.45, 7) is 2.94. The van der Waals surface area contributed by atoms with Gasteiger partial charge in [0.1, 0.15) is 4.66 Å². The zero-order valence-electron chi connectivity index (χ0n) is 26.4. The first-order chi connectivity index (χ1) is 22.4. The fourth-order valence-corrected chi connectivity index (χ4v) is 9.14.